The zero-order valence-electron chi connectivity index (χ0n) is 4.23. The van der Waals surface area contributed by atoms with Gasteiger partial charge in [-0.3, -0.25) is 0 Å². The Bertz CT molecular complexity index is 52.0. The molecule has 0 aromatic heterocycles. The third kappa shape index (κ3) is 5.99. The first kappa shape index (κ1) is 6.99. The van der Waals surface area contributed by atoms with Crippen LogP contribution in [0.15, 0.2) is 11.6 Å². The summed E-state index contributed by atoms with van der Waals surface area (Å²) in [5.41, 5.74) is 1.43. The number of hydrogen-bond donors (Lipinski definition) is 0. The van der Waals surface area contributed by atoms with E-state index in [4.69, 9.17) is 16.3 Å². The van der Waals surface area contributed by atoms with Crippen LogP contribution in [0.25, 0.3) is 0 Å². The topological polar surface area (TPSA) is 9.23 Å². The predicted molar refractivity (Wildman–Crippen MR) is 30.9 cm³/mol. The summed E-state index contributed by atoms with van der Waals surface area (Å²) in [6, 6.07) is 0. The molecule has 0 aromatic rings. The van der Waals surface area contributed by atoms with Crippen LogP contribution in [0.3, 0.4) is 0 Å². The second-order valence-corrected chi connectivity index (χ2v) is 1.18. The molecule has 0 N–H and O–H groups in total. The molecular weight excluding hydrogens is 112 g/mol. The van der Waals surface area contributed by atoms with Crippen LogP contribution in [-0.2, 0) is 4.74 Å². The molecule has 41 valence electrons. The predicted octanol–water partition coefficient (Wildman–Crippen LogP) is 1.94. The molecule has 0 aliphatic heterocycles. The van der Waals surface area contributed by atoms with E-state index in [0.717, 1.165) is 0 Å². The molecule has 0 unspecified atom stereocenters. The van der Waals surface area contributed by atoms with E-state index in [2.05, 4.69) is 0 Å². The van der Waals surface area contributed by atoms with Gasteiger partial charge in [0.05, 0.1) is 13.2 Å². The highest BCUT2D eigenvalue weighted by molar-refractivity contribution is 6.25. The summed E-state index contributed by atoms with van der Waals surface area (Å²) < 4.78 is 4.78. The SMILES string of the molecule is C[CH]OCC=CCl. The Hall–Kier alpha value is -0.0100. The van der Waals surface area contributed by atoms with Crippen LogP contribution in [-0.4, -0.2) is 6.61 Å². The quantitative estimate of drug-likeness (QED) is 0.516. The molecule has 2 heteroatoms. The molecule has 1 radical (unpaired) electrons. The van der Waals surface area contributed by atoms with Crippen molar-refractivity contribution in [3.05, 3.63) is 18.2 Å². The minimum absolute atomic E-state index is 0.569. The standard InChI is InChI=1S/C5H8ClO/c1-2-7-5-3-4-6/h2-4H,5H2,1H3. The van der Waals surface area contributed by atoms with Crippen LogP contribution in [0.2, 0.25) is 0 Å². The smallest absolute Gasteiger partial charge is 0.0810 e. The highest BCUT2D eigenvalue weighted by Crippen LogP contribution is 1.81. The monoisotopic (exact) mass is 119 g/mol. The average Bonchev–Trinajstić information content (AvgIpc) is 1.69. The summed E-state index contributed by atoms with van der Waals surface area (Å²) in [6.07, 6.45) is 1.72. The number of halogens is 1. The zero-order valence-corrected chi connectivity index (χ0v) is 4.98. The van der Waals surface area contributed by atoms with E-state index in [-0.39, 0.29) is 0 Å². The van der Waals surface area contributed by atoms with Crippen LogP contribution < -0.4 is 0 Å². The lowest BCUT2D eigenvalue weighted by Gasteiger charge is -1.88. The van der Waals surface area contributed by atoms with Crippen molar-refractivity contribution in [1.29, 1.82) is 0 Å². The summed E-state index contributed by atoms with van der Waals surface area (Å²) in [4.78, 5) is 0. The minimum atomic E-state index is 0.569. The van der Waals surface area contributed by atoms with E-state index < -0.39 is 0 Å². The van der Waals surface area contributed by atoms with Crippen LogP contribution in [0.1, 0.15) is 6.92 Å². The summed E-state index contributed by atoms with van der Waals surface area (Å²) in [6.45, 7) is 4.01. The fraction of sp³-hybridized carbons (Fsp3) is 0.400. The Morgan fingerprint density at radius 2 is 2.43 bits per heavy atom. The van der Waals surface area contributed by atoms with Gasteiger partial charge in [-0.2, -0.15) is 0 Å². The molecule has 0 amide bonds. The van der Waals surface area contributed by atoms with E-state index in [1.165, 1.54) is 5.54 Å². The van der Waals surface area contributed by atoms with E-state index in [1.807, 2.05) is 6.92 Å². The lowest BCUT2D eigenvalue weighted by atomic mass is 10.7. The van der Waals surface area contributed by atoms with Crippen molar-refractivity contribution in [3.8, 4) is 0 Å². The first-order chi connectivity index (χ1) is 3.41. The summed E-state index contributed by atoms with van der Waals surface area (Å²) >= 11 is 5.16. The highest BCUT2D eigenvalue weighted by Gasteiger charge is 1.71. The molecule has 0 saturated heterocycles. The van der Waals surface area contributed by atoms with Crippen LogP contribution >= 0.6 is 11.6 Å². The Labute approximate surface area is 48.9 Å². The summed E-state index contributed by atoms with van der Waals surface area (Å²) in [5.74, 6) is 0. The van der Waals surface area contributed by atoms with Crippen molar-refractivity contribution in [2.75, 3.05) is 6.61 Å². The maximum absolute atomic E-state index is 5.16. The van der Waals surface area contributed by atoms with Gasteiger partial charge in [-0.25, -0.2) is 0 Å². The van der Waals surface area contributed by atoms with Crippen molar-refractivity contribution in [2.24, 2.45) is 0 Å². The highest BCUT2D eigenvalue weighted by atomic mass is 35.5. The van der Waals surface area contributed by atoms with Gasteiger partial charge in [0.15, 0.2) is 0 Å². The van der Waals surface area contributed by atoms with Crippen molar-refractivity contribution >= 4 is 11.6 Å². The molecule has 0 heterocycles. The van der Waals surface area contributed by atoms with Gasteiger partial charge in [-0.15, -0.1) is 0 Å². The summed E-state index contributed by atoms with van der Waals surface area (Å²) in [5, 5.41) is 0. The third-order valence-corrected chi connectivity index (χ3v) is 0.626. The molecule has 0 aromatic carbocycles. The van der Waals surface area contributed by atoms with Crippen LogP contribution in [0, 0.1) is 6.61 Å². The summed E-state index contributed by atoms with van der Waals surface area (Å²) in [7, 11) is 0. The molecule has 0 aliphatic carbocycles. The Balaban J connectivity index is 2.69. The molecular formula is C5H8ClO. The largest absolute Gasteiger partial charge is 0.372 e. The van der Waals surface area contributed by atoms with Crippen molar-refractivity contribution in [1.82, 2.24) is 0 Å². The van der Waals surface area contributed by atoms with Crippen molar-refractivity contribution in [3.63, 3.8) is 0 Å². The first-order valence-electron chi connectivity index (χ1n) is 2.06. The van der Waals surface area contributed by atoms with Gasteiger partial charge in [0.25, 0.3) is 0 Å². The van der Waals surface area contributed by atoms with E-state index in [1.54, 1.807) is 12.7 Å². The molecule has 0 fully saturated rings. The minimum Gasteiger partial charge on any atom is -0.372 e. The molecule has 0 spiro atoms. The molecule has 0 rings (SSSR count). The molecule has 0 aliphatic rings. The van der Waals surface area contributed by atoms with Gasteiger partial charge < -0.3 is 4.74 Å². The van der Waals surface area contributed by atoms with Gasteiger partial charge in [-0.1, -0.05) is 11.6 Å². The Morgan fingerprint density at radius 3 is 2.86 bits per heavy atom. The van der Waals surface area contributed by atoms with Crippen LogP contribution in [0.5, 0.6) is 0 Å². The van der Waals surface area contributed by atoms with Crippen molar-refractivity contribution in [2.45, 2.75) is 6.92 Å². The van der Waals surface area contributed by atoms with Gasteiger partial charge in [0, 0.05) is 5.54 Å². The maximum atomic E-state index is 5.16. The lowest BCUT2D eigenvalue weighted by Crippen LogP contribution is -1.80. The fourth-order valence-corrected chi connectivity index (χ4v) is 0.261. The third-order valence-electron chi connectivity index (χ3n) is 0.448. The Kier molecular flexibility index (Phi) is 5.98. The number of rotatable bonds is 3. The van der Waals surface area contributed by atoms with Crippen molar-refractivity contribution < 1.29 is 4.74 Å². The average molecular weight is 120 g/mol. The van der Waals surface area contributed by atoms with Gasteiger partial charge in [0.2, 0.25) is 0 Å². The van der Waals surface area contributed by atoms with E-state index in [0.29, 0.717) is 6.61 Å². The normalized spacial score (nSPS) is 10.6. The molecule has 7 heavy (non-hydrogen) atoms. The number of hydrogen-bond acceptors (Lipinski definition) is 1. The van der Waals surface area contributed by atoms with Gasteiger partial charge in [-0.05, 0) is 13.0 Å². The second kappa shape index (κ2) is 5.99. The van der Waals surface area contributed by atoms with E-state index in [9.17, 15) is 0 Å². The molecule has 1 nitrogen and oxygen atoms in total. The van der Waals surface area contributed by atoms with E-state index >= 15 is 0 Å². The lowest BCUT2D eigenvalue weighted by molar-refractivity contribution is 0.239. The first-order valence-corrected chi connectivity index (χ1v) is 2.50. The molecule has 0 atom stereocenters. The van der Waals surface area contributed by atoms with Gasteiger partial charge >= 0.3 is 0 Å². The Morgan fingerprint density at radius 1 is 1.71 bits per heavy atom. The van der Waals surface area contributed by atoms with Gasteiger partial charge in [0.1, 0.15) is 0 Å². The molecule has 0 saturated carbocycles. The molecule has 0 bridgehead atoms. The number of ether oxygens (including phenoxy) is 1. The second-order valence-electron chi connectivity index (χ2n) is 0.931. The maximum Gasteiger partial charge on any atom is 0.0810 e. The zero-order chi connectivity index (χ0) is 5.54. The van der Waals surface area contributed by atoms with Crippen LogP contribution in [0.4, 0.5) is 0 Å². The fourth-order valence-electron chi connectivity index (χ4n) is 0.188.